The third-order valence-corrected chi connectivity index (χ3v) is 4.21. The number of rotatable bonds is 6. The van der Waals surface area contributed by atoms with Crippen LogP contribution in [0.25, 0.3) is 11.0 Å². The highest BCUT2D eigenvalue weighted by atomic mass is 35.5. The lowest BCUT2D eigenvalue weighted by Gasteiger charge is -2.19. The van der Waals surface area contributed by atoms with Crippen LogP contribution in [0.15, 0.2) is 12.1 Å². The molecular weight excluding hydrogens is 302 g/mol. The van der Waals surface area contributed by atoms with Crippen LogP contribution in [0, 0.1) is 11.6 Å². The van der Waals surface area contributed by atoms with Crippen molar-refractivity contribution < 1.29 is 8.78 Å². The van der Waals surface area contributed by atoms with Crippen LogP contribution in [0.4, 0.5) is 8.78 Å². The van der Waals surface area contributed by atoms with E-state index in [4.69, 9.17) is 11.6 Å². The van der Waals surface area contributed by atoms with E-state index in [0.29, 0.717) is 17.8 Å². The fraction of sp³-hybridized carbons (Fsp3) is 0.500. The quantitative estimate of drug-likeness (QED) is 0.734. The van der Waals surface area contributed by atoms with E-state index < -0.39 is 11.6 Å². The van der Waals surface area contributed by atoms with Crippen LogP contribution in [-0.2, 0) is 6.42 Å². The second kappa shape index (κ2) is 6.76. The molecule has 6 heteroatoms. The van der Waals surface area contributed by atoms with Crippen LogP contribution in [0.1, 0.15) is 25.2 Å². The summed E-state index contributed by atoms with van der Waals surface area (Å²) >= 11 is 7.51. The molecule has 0 N–H and O–H groups in total. The number of imidazole rings is 1. The van der Waals surface area contributed by atoms with Crippen molar-refractivity contribution in [3.8, 4) is 0 Å². The van der Waals surface area contributed by atoms with Crippen LogP contribution >= 0.6 is 23.4 Å². The average Bonchev–Trinajstić information content (AvgIpc) is 2.75. The average molecular weight is 319 g/mol. The molecule has 1 atom stereocenters. The number of halogens is 3. The fourth-order valence-corrected chi connectivity index (χ4v) is 3.34. The Morgan fingerprint density at radius 2 is 2.15 bits per heavy atom. The molecule has 0 aliphatic heterocycles. The molecule has 2 aromatic rings. The van der Waals surface area contributed by atoms with Gasteiger partial charge in [-0.05, 0) is 18.7 Å². The normalized spacial score (nSPS) is 13.1. The zero-order chi connectivity index (χ0) is 14.7. The Balaban J connectivity index is 2.66. The molecule has 0 amide bonds. The molecule has 20 heavy (non-hydrogen) atoms. The first-order chi connectivity index (χ1) is 9.62. The first-order valence-electron chi connectivity index (χ1n) is 6.53. The number of hydrogen-bond acceptors (Lipinski definition) is 2. The minimum Gasteiger partial charge on any atom is -0.324 e. The Bertz CT molecular complexity index is 600. The number of nitrogens with zero attached hydrogens (tertiary/aromatic N) is 2. The highest BCUT2D eigenvalue weighted by Crippen LogP contribution is 2.28. The number of aryl methyl sites for hydroxylation is 1. The summed E-state index contributed by atoms with van der Waals surface area (Å²) in [5.74, 6) is 0.806. The molecule has 0 aliphatic rings. The van der Waals surface area contributed by atoms with E-state index in [1.807, 2.05) is 10.8 Å². The maximum Gasteiger partial charge on any atom is 0.153 e. The minimum absolute atomic E-state index is 0.161. The van der Waals surface area contributed by atoms with Gasteiger partial charge in [0.2, 0.25) is 0 Å². The van der Waals surface area contributed by atoms with Gasteiger partial charge in [0.15, 0.2) is 5.82 Å². The van der Waals surface area contributed by atoms with Crippen molar-refractivity contribution in [3.05, 3.63) is 29.6 Å². The standard InChI is InChI=1S/C14H17ClF2N2S/c1-3-10(8-20-2)19-12-7-9(16)6-11(17)14(12)18-13(19)4-5-15/h6-7,10H,3-5,8H2,1-2H3. The number of benzene rings is 1. The van der Waals surface area contributed by atoms with Gasteiger partial charge in [0, 0.05) is 30.2 Å². The first-order valence-corrected chi connectivity index (χ1v) is 8.46. The zero-order valence-electron chi connectivity index (χ0n) is 11.5. The van der Waals surface area contributed by atoms with Crippen molar-refractivity contribution in [2.75, 3.05) is 17.9 Å². The molecule has 1 unspecified atom stereocenters. The predicted octanol–water partition coefficient (Wildman–Crippen LogP) is 4.41. The van der Waals surface area contributed by atoms with Crippen LogP contribution in [-0.4, -0.2) is 27.4 Å². The van der Waals surface area contributed by atoms with Gasteiger partial charge < -0.3 is 4.57 Å². The van der Waals surface area contributed by atoms with E-state index in [1.165, 1.54) is 6.07 Å². The highest BCUT2D eigenvalue weighted by molar-refractivity contribution is 7.98. The molecule has 1 heterocycles. The Labute approximate surface area is 126 Å². The summed E-state index contributed by atoms with van der Waals surface area (Å²) in [4.78, 5) is 4.32. The summed E-state index contributed by atoms with van der Waals surface area (Å²) in [6, 6.07) is 2.39. The number of alkyl halides is 1. The summed E-state index contributed by atoms with van der Waals surface area (Å²) in [5.41, 5.74) is 0.745. The summed E-state index contributed by atoms with van der Waals surface area (Å²) in [5, 5.41) is 0. The van der Waals surface area contributed by atoms with E-state index >= 15 is 0 Å². The van der Waals surface area contributed by atoms with Crippen LogP contribution in [0.3, 0.4) is 0 Å². The molecule has 0 aliphatic carbocycles. The summed E-state index contributed by atoms with van der Waals surface area (Å²) in [7, 11) is 0. The summed E-state index contributed by atoms with van der Waals surface area (Å²) in [6.45, 7) is 2.06. The van der Waals surface area contributed by atoms with Crippen molar-refractivity contribution in [3.63, 3.8) is 0 Å². The van der Waals surface area contributed by atoms with Gasteiger partial charge in [0.1, 0.15) is 17.2 Å². The van der Waals surface area contributed by atoms with Crippen LogP contribution in [0.2, 0.25) is 0 Å². The van der Waals surface area contributed by atoms with Crippen molar-refractivity contribution in [2.24, 2.45) is 0 Å². The third kappa shape index (κ3) is 2.93. The van der Waals surface area contributed by atoms with Crippen LogP contribution in [0.5, 0.6) is 0 Å². The fourth-order valence-electron chi connectivity index (χ4n) is 2.40. The topological polar surface area (TPSA) is 17.8 Å². The van der Waals surface area contributed by atoms with Gasteiger partial charge in [-0.3, -0.25) is 0 Å². The lowest BCUT2D eigenvalue weighted by molar-refractivity contribution is 0.531. The predicted molar refractivity (Wildman–Crippen MR) is 81.8 cm³/mol. The maximum absolute atomic E-state index is 13.9. The number of aromatic nitrogens is 2. The van der Waals surface area contributed by atoms with Gasteiger partial charge in [-0.2, -0.15) is 11.8 Å². The Morgan fingerprint density at radius 3 is 2.75 bits per heavy atom. The molecule has 0 saturated carbocycles. The lowest BCUT2D eigenvalue weighted by Crippen LogP contribution is -2.14. The molecule has 110 valence electrons. The van der Waals surface area contributed by atoms with Gasteiger partial charge in [-0.1, -0.05) is 6.92 Å². The maximum atomic E-state index is 13.9. The van der Waals surface area contributed by atoms with Crippen molar-refractivity contribution >= 4 is 34.4 Å². The Morgan fingerprint density at radius 1 is 1.40 bits per heavy atom. The molecule has 1 aromatic heterocycles. The first kappa shape index (κ1) is 15.6. The smallest absolute Gasteiger partial charge is 0.153 e. The van der Waals surface area contributed by atoms with Crippen molar-refractivity contribution in [1.82, 2.24) is 9.55 Å². The molecule has 0 saturated heterocycles. The SMILES string of the molecule is CCC(CSC)n1c(CCCl)nc2c(F)cc(F)cc21. The molecule has 1 aromatic carbocycles. The number of fused-ring (bicyclic) bond motifs is 1. The number of hydrogen-bond donors (Lipinski definition) is 0. The Hall–Kier alpha value is -0.810. The number of thioether (sulfide) groups is 1. The lowest BCUT2D eigenvalue weighted by atomic mass is 10.2. The van der Waals surface area contributed by atoms with Gasteiger partial charge in [-0.15, -0.1) is 11.6 Å². The zero-order valence-corrected chi connectivity index (χ0v) is 13.1. The van der Waals surface area contributed by atoms with E-state index in [-0.39, 0.29) is 11.6 Å². The van der Waals surface area contributed by atoms with Gasteiger partial charge >= 0.3 is 0 Å². The second-order valence-electron chi connectivity index (χ2n) is 4.61. The molecule has 0 spiro atoms. The van der Waals surface area contributed by atoms with Gasteiger partial charge in [-0.25, -0.2) is 13.8 Å². The Kier molecular flexibility index (Phi) is 5.27. The highest BCUT2D eigenvalue weighted by Gasteiger charge is 2.20. The molecule has 2 nitrogen and oxygen atoms in total. The van der Waals surface area contributed by atoms with E-state index in [2.05, 4.69) is 11.9 Å². The van der Waals surface area contributed by atoms with E-state index in [0.717, 1.165) is 24.1 Å². The largest absolute Gasteiger partial charge is 0.324 e. The van der Waals surface area contributed by atoms with Gasteiger partial charge in [0.05, 0.1) is 5.52 Å². The molecule has 0 bridgehead atoms. The third-order valence-electron chi connectivity index (χ3n) is 3.30. The van der Waals surface area contributed by atoms with E-state index in [9.17, 15) is 8.78 Å². The van der Waals surface area contributed by atoms with Crippen LogP contribution < -0.4 is 0 Å². The molecule has 2 rings (SSSR count). The summed E-state index contributed by atoms with van der Waals surface area (Å²) in [6.07, 6.45) is 3.44. The summed E-state index contributed by atoms with van der Waals surface area (Å²) < 4.78 is 29.3. The molecular formula is C14H17ClF2N2S. The van der Waals surface area contributed by atoms with E-state index in [1.54, 1.807) is 11.8 Å². The molecule has 0 fully saturated rings. The van der Waals surface area contributed by atoms with Crippen molar-refractivity contribution in [1.29, 1.82) is 0 Å². The van der Waals surface area contributed by atoms with Crippen molar-refractivity contribution in [2.45, 2.75) is 25.8 Å². The second-order valence-corrected chi connectivity index (χ2v) is 5.90. The van der Waals surface area contributed by atoms with Gasteiger partial charge in [0.25, 0.3) is 0 Å². The minimum atomic E-state index is -0.617. The monoisotopic (exact) mass is 318 g/mol. The molecule has 0 radical (unpaired) electrons.